The standard InChI is InChI=1S/C11H10N2S/c1-7-9(2-4-12)11-8(3-5-14-11)6-10(7)13/h3,5-6H,2,13H2,1H3. The van der Waals surface area contributed by atoms with Crippen LogP contribution in [0.15, 0.2) is 17.5 Å². The molecule has 2 rings (SSSR count). The van der Waals surface area contributed by atoms with Gasteiger partial charge in [-0.05, 0) is 40.9 Å². The van der Waals surface area contributed by atoms with Crippen molar-refractivity contribution in [2.45, 2.75) is 13.3 Å². The van der Waals surface area contributed by atoms with Gasteiger partial charge in [0.2, 0.25) is 0 Å². The quantitative estimate of drug-likeness (QED) is 0.723. The smallest absolute Gasteiger partial charge is 0.0670 e. The van der Waals surface area contributed by atoms with Crippen LogP contribution in [-0.2, 0) is 6.42 Å². The molecule has 2 aromatic rings. The fraction of sp³-hybridized carbons (Fsp3) is 0.182. The molecule has 0 saturated carbocycles. The summed E-state index contributed by atoms with van der Waals surface area (Å²) in [4.78, 5) is 0. The zero-order valence-corrected chi connectivity index (χ0v) is 8.69. The Hall–Kier alpha value is -1.53. The maximum Gasteiger partial charge on any atom is 0.0670 e. The molecule has 1 aromatic heterocycles. The summed E-state index contributed by atoms with van der Waals surface area (Å²) in [6.07, 6.45) is 0.438. The third-order valence-corrected chi connectivity index (χ3v) is 3.41. The first-order valence-corrected chi connectivity index (χ1v) is 5.24. The average molecular weight is 202 g/mol. The Labute approximate surface area is 86.6 Å². The van der Waals surface area contributed by atoms with Gasteiger partial charge in [-0.2, -0.15) is 5.26 Å². The van der Waals surface area contributed by atoms with E-state index in [2.05, 4.69) is 6.07 Å². The Morgan fingerprint density at radius 1 is 1.57 bits per heavy atom. The van der Waals surface area contributed by atoms with E-state index < -0.39 is 0 Å². The Balaban J connectivity index is 2.81. The SMILES string of the molecule is Cc1c(N)cc2ccsc2c1CC#N. The van der Waals surface area contributed by atoms with Gasteiger partial charge in [-0.1, -0.05) is 0 Å². The van der Waals surface area contributed by atoms with E-state index >= 15 is 0 Å². The fourth-order valence-electron chi connectivity index (χ4n) is 1.59. The van der Waals surface area contributed by atoms with Gasteiger partial charge in [-0.15, -0.1) is 11.3 Å². The Kier molecular flexibility index (Phi) is 2.14. The van der Waals surface area contributed by atoms with Crippen molar-refractivity contribution in [2.24, 2.45) is 0 Å². The normalized spacial score (nSPS) is 10.3. The first kappa shape index (κ1) is 9.04. The van der Waals surface area contributed by atoms with Gasteiger partial charge in [0.1, 0.15) is 0 Å². The summed E-state index contributed by atoms with van der Waals surface area (Å²) < 4.78 is 1.19. The molecule has 0 radical (unpaired) electrons. The summed E-state index contributed by atoms with van der Waals surface area (Å²) in [5.41, 5.74) is 8.77. The second-order valence-electron chi connectivity index (χ2n) is 3.24. The van der Waals surface area contributed by atoms with Crippen LogP contribution in [-0.4, -0.2) is 0 Å². The van der Waals surface area contributed by atoms with E-state index in [1.54, 1.807) is 11.3 Å². The molecule has 1 heterocycles. The van der Waals surface area contributed by atoms with Crippen molar-refractivity contribution in [1.29, 1.82) is 5.26 Å². The van der Waals surface area contributed by atoms with E-state index in [-0.39, 0.29) is 0 Å². The third-order valence-electron chi connectivity index (χ3n) is 2.42. The Bertz CT molecular complexity index is 520. The Morgan fingerprint density at radius 2 is 2.36 bits per heavy atom. The van der Waals surface area contributed by atoms with Crippen molar-refractivity contribution in [1.82, 2.24) is 0 Å². The molecule has 0 spiro atoms. The van der Waals surface area contributed by atoms with Crippen molar-refractivity contribution in [2.75, 3.05) is 5.73 Å². The van der Waals surface area contributed by atoms with Gasteiger partial charge in [-0.25, -0.2) is 0 Å². The molecular weight excluding hydrogens is 192 g/mol. The molecule has 0 saturated heterocycles. The zero-order valence-electron chi connectivity index (χ0n) is 7.87. The van der Waals surface area contributed by atoms with Crippen LogP contribution in [0.25, 0.3) is 10.1 Å². The highest BCUT2D eigenvalue weighted by molar-refractivity contribution is 7.17. The lowest BCUT2D eigenvalue weighted by atomic mass is 10.0. The minimum absolute atomic E-state index is 0.438. The molecule has 0 aliphatic rings. The second kappa shape index (κ2) is 3.32. The van der Waals surface area contributed by atoms with E-state index in [0.717, 1.165) is 22.2 Å². The molecule has 0 aliphatic carbocycles. The van der Waals surface area contributed by atoms with Crippen molar-refractivity contribution in [3.05, 3.63) is 28.6 Å². The van der Waals surface area contributed by atoms with Crippen LogP contribution < -0.4 is 5.73 Å². The van der Waals surface area contributed by atoms with Crippen LogP contribution >= 0.6 is 11.3 Å². The van der Waals surface area contributed by atoms with Crippen LogP contribution in [0.3, 0.4) is 0 Å². The molecular formula is C11H10N2S. The summed E-state index contributed by atoms with van der Waals surface area (Å²) >= 11 is 1.67. The van der Waals surface area contributed by atoms with Crippen molar-refractivity contribution >= 4 is 27.1 Å². The van der Waals surface area contributed by atoms with Gasteiger partial charge in [0, 0.05) is 10.4 Å². The lowest BCUT2D eigenvalue weighted by Crippen LogP contribution is -1.95. The van der Waals surface area contributed by atoms with Gasteiger partial charge in [0.05, 0.1) is 12.5 Å². The van der Waals surface area contributed by atoms with Crippen LogP contribution in [0, 0.1) is 18.3 Å². The number of rotatable bonds is 1. The third kappa shape index (κ3) is 1.24. The number of benzene rings is 1. The molecule has 0 bridgehead atoms. The van der Waals surface area contributed by atoms with Gasteiger partial charge in [0.25, 0.3) is 0 Å². The van der Waals surface area contributed by atoms with Crippen molar-refractivity contribution < 1.29 is 0 Å². The van der Waals surface area contributed by atoms with Gasteiger partial charge in [0.15, 0.2) is 0 Å². The average Bonchev–Trinajstić information content (AvgIpc) is 2.60. The molecule has 2 nitrogen and oxygen atoms in total. The predicted octanol–water partition coefficient (Wildman–Crippen LogP) is 2.86. The second-order valence-corrected chi connectivity index (χ2v) is 4.16. The highest BCUT2D eigenvalue weighted by atomic mass is 32.1. The largest absolute Gasteiger partial charge is 0.398 e. The lowest BCUT2D eigenvalue weighted by molar-refractivity contribution is 1.25. The van der Waals surface area contributed by atoms with Crippen LogP contribution in [0.4, 0.5) is 5.69 Å². The highest BCUT2D eigenvalue weighted by Crippen LogP contribution is 2.31. The fourth-order valence-corrected chi connectivity index (χ4v) is 2.57. The lowest BCUT2D eigenvalue weighted by Gasteiger charge is -2.06. The monoisotopic (exact) mass is 202 g/mol. The van der Waals surface area contributed by atoms with E-state index in [9.17, 15) is 0 Å². The zero-order chi connectivity index (χ0) is 10.1. The number of nitrogens with two attached hydrogens (primary N) is 1. The number of nitrogen functional groups attached to an aromatic ring is 1. The van der Waals surface area contributed by atoms with Crippen molar-refractivity contribution in [3.63, 3.8) is 0 Å². The van der Waals surface area contributed by atoms with E-state index in [1.165, 1.54) is 4.70 Å². The van der Waals surface area contributed by atoms with Gasteiger partial charge < -0.3 is 5.73 Å². The summed E-state index contributed by atoms with van der Waals surface area (Å²) in [5.74, 6) is 0. The van der Waals surface area contributed by atoms with Crippen LogP contribution in [0.5, 0.6) is 0 Å². The number of nitriles is 1. The maximum absolute atomic E-state index is 8.75. The van der Waals surface area contributed by atoms with Crippen molar-refractivity contribution in [3.8, 4) is 6.07 Å². The van der Waals surface area contributed by atoms with Crippen LogP contribution in [0.1, 0.15) is 11.1 Å². The van der Waals surface area contributed by atoms with Crippen LogP contribution in [0.2, 0.25) is 0 Å². The highest BCUT2D eigenvalue weighted by Gasteiger charge is 2.08. The molecule has 3 heteroatoms. The summed E-state index contributed by atoms with van der Waals surface area (Å²) in [6, 6.07) is 6.20. The molecule has 0 fully saturated rings. The Morgan fingerprint density at radius 3 is 3.07 bits per heavy atom. The molecule has 70 valence electrons. The molecule has 0 unspecified atom stereocenters. The van der Waals surface area contributed by atoms with Gasteiger partial charge in [-0.3, -0.25) is 0 Å². The number of fused-ring (bicyclic) bond motifs is 1. The topological polar surface area (TPSA) is 49.8 Å². The molecule has 0 atom stereocenters. The predicted molar refractivity (Wildman–Crippen MR) is 60.3 cm³/mol. The molecule has 14 heavy (non-hydrogen) atoms. The number of thiophene rings is 1. The number of nitrogens with zero attached hydrogens (tertiary/aromatic N) is 1. The first-order valence-electron chi connectivity index (χ1n) is 4.36. The summed E-state index contributed by atoms with van der Waals surface area (Å²) in [7, 11) is 0. The number of hydrogen-bond acceptors (Lipinski definition) is 3. The molecule has 2 N–H and O–H groups in total. The molecule has 1 aromatic carbocycles. The number of hydrogen-bond donors (Lipinski definition) is 1. The maximum atomic E-state index is 8.75. The minimum atomic E-state index is 0.438. The molecule has 0 aliphatic heterocycles. The van der Waals surface area contributed by atoms with E-state index in [1.807, 2.05) is 24.4 Å². The van der Waals surface area contributed by atoms with Gasteiger partial charge >= 0.3 is 0 Å². The summed E-state index contributed by atoms with van der Waals surface area (Å²) in [5, 5.41) is 11.9. The van der Waals surface area contributed by atoms with E-state index in [4.69, 9.17) is 11.0 Å². The first-order chi connectivity index (χ1) is 6.74. The summed E-state index contributed by atoms with van der Waals surface area (Å²) in [6.45, 7) is 1.97. The van der Waals surface area contributed by atoms with E-state index in [0.29, 0.717) is 6.42 Å². The molecule has 0 amide bonds. The minimum Gasteiger partial charge on any atom is -0.398 e. The number of anilines is 1.